The lowest BCUT2D eigenvalue weighted by Gasteiger charge is -2.53. The van der Waals surface area contributed by atoms with Crippen LogP contribution in [-0.4, -0.2) is 70.9 Å². The number of hydrazine groups is 1. The highest BCUT2D eigenvalue weighted by atomic mass is 35.5. The van der Waals surface area contributed by atoms with Crippen molar-refractivity contribution < 1.29 is 14.3 Å². The standard InChI is InChI=1S/C28H37Cl2N7O3/c1-3-39-27(38)36-8-6-28(7-9-36)15-37(16-28)26-32-11-18(12-33-26)25-20-10-19(4-5-23(20)34-35-25)40-17(2)24-21(29)13-31-14-22(24)30/h11-14,17,19-20,23,25,34-35H,3-10,15-16H2,1-2H3/t17-,19?,20?,23?,25?/m1/s1. The molecular formula is C28H37Cl2N7O3. The predicted molar refractivity (Wildman–Crippen MR) is 152 cm³/mol. The third-order valence-corrected chi connectivity index (χ3v) is 9.70. The summed E-state index contributed by atoms with van der Waals surface area (Å²) in [4.78, 5) is 29.6. The average Bonchev–Trinajstić information content (AvgIpc) is 3.35. The van der Waals surface area contributed by atoms with Gasteiger partial charge in [-0.25, -0.2) is 20.2 Å². The first kappa shape index (κ1) is 27.9. The van der Waals surface area contributed by atoms with Crippen molar-refractivity contribution in [3.63, 3.8) is 0 Å². The van der Waals surface area contributed by atoms with Crippen molar-refractivity contribution in [3.8, 4) is 0 Å². The number of nitrogens with one attached hydrogen (secondary N) is 2. The topological polar surface area (TPSA) is 105 Å². The van der Waals surface area contributed by atoms with Crippen molar-refractivity contribution in [2.45, 2.75) is 70.2 Å². The van der Waals surface area contributed by atoms with E-state index in [4.69, 9.17) is 42.6 Å². The second-order valence-corrected chi connectivity index (χ2v) is 12.4. The number of carbonyl (C=O) groups is 1. The Kier molecular flexibility index (Phi) is 8.07. The molecule has 2 N–H and O–H groups in total. The highest BCUT2D eigenvalue weighted by Crippen LogP contribution is 2.43. The molecule has 0 aromatic carbocycles. The number of nitrogens with zero attached hydrogens (tertiary/aromatic N) is 5. The molecule has 10 nitrogen and oxygen atoms in total. The number of aromatic nitrogens is 3. The van der Waals surface area contributed by atoms with E-state index in [2.05, 4.69) is 20.7 Å². The fraction of sp³-hybridized carbons (Fsp3) is 0.643. The largest absolute Gasteiger partial charge is 0.450 e. The van der Waals surface area contributed by atoms with E-state index in [1.165, 1.54) is 0 Å². The van der Waals surface area contributed by atoms with Crippen LogP contribution >= 0.6 is 23.2 Å². The molecule has 1 amide bonds. The van der Waals surface area contributed by atoms with E-state index in [1.54, 1.807) is 12.4 Å². The lowest BCUT2D eigenvalue weighted by atomic mass is 9.72. The minimum atomic E-state index is -0.217. The van der Waals surface area contributed by atoms with E-state index < -0.39 is 0 Å². The van der Waals surface area contributed by atoms with Crippen LogP contribution in [0.25, 0.3) is 0 Å². The molecule has 216 valence electrons. The molecule has 5 heterocycles. The van der Waals surface area contributed by atoms with Gasteiger partial charge in [0, 0.05) is 73.6 Å². The van der Waals surface area contributed by atoms with Crippen molar-refractivity contribution in [2.24, 2.45) is 11.3 Å². The lowest BCUT2D eigenvalue weighted by Crippen LogP contribution is -2.61. The Hall–Kier alpha value is -2.24. The van der Waals surface area contributed by atoms with Gasteiger partial charge in [0.2, 0.25) is 5.95 Å². The summed E-state index contributed by atoms with van der Waals surface area (Å²) in [7, 11) is 0. The third kappa shape index (κ3) is 5.48. The van der Waals surface area contributed by atoms with Gasteiger partial charge < -0.3 is 19.3 Å². The third-order valence-electron chi connectivity index (χ3n) is 9.10. The van der Waals surface area contributed by atoms with Gasteiger partial charge in [0.25, 0.3) is 0 Å². The number of carbonyl (C=O) groups excluding carboxylic acids is 1. The number of halogens is 2. The first-order valence-electron chi connectivity index (χ1n) is 14.3. The highest BCUT2D eigenvalue weighted by Gasteiger charge is 2.47. The number of hydrogen-bond acceptors (Lipinski definition) is 9. The van der Waals surface area contributed by atoms with Gasteiger partial charge in [-0.3, -0.25) is 10.4 Å². The van der Waals surface area contributed by atoms with Crippen molar-refractivity contribution in [3.05, 3.63) is 46.0 Å². The summed E-state index contributed by atoms with van der Waals surface area (Å²) in [5.41, 5.74) is 9.10. The normalized spacial score (nSPS) is 28.2. The number of pyridine rings is 1. The molecule has 3 aliphatic heterocycles. The van der Waals surface area contributed by atoms with Crippen molar-refractivity contribution in [1.29, 1.82) is 0 Å². The number of hydrogen-bond donors (Lipinski definition) is 2. The van der Waals surface area contributed by atoms with E-state index in [1.807, 2.05) is 31.1 Å². The average molecular weight is 591 g/mol. The van der Waals surface area contributed by atoms with E-state index >= 15 is 0 Å². The fourth-order valence-corrected chi connectivity index (χ4v) is 7.56. The Morgan fingerprint density at radius 2 is 1.80 bits per heavy atom. The number of ether oxygens (including phenoxy) is 2. The van der Waals surface area contributed by atoms with Gasteiger partial charge in [-0.1, -0.05) is 23.2 Å². The number of rotatable bonds is 6. The number of fused-ring (bicyclic) bond motifs is 1. The maximum Gasteiger partial charge on any atom is 0.409 e. The first-order chi connectivity index (χ1) is 19.4. The zero-order valence-corrected chi connectivity index (χ0v) is 24.5. The van der Waals surface area contributed by atoms with Crippen LogP contribution in [0.15, 0.2) is 24.8 Å². The molecule has 1 saturated carbocycles. The molecule has 6 rings (SSSR count). The van der Waals surface area contributed by atoms with E-state index in [0.29, 0.717) is 28.6 Å². The van der Waals surface area contributed by atoms with Crippen LogP contribution in [0.4, 0.5) is 10.7 Å². The zero-order valence-electron chi connectivity index (χ0n) is 23.0. The Labute approximate surface area is 245 Å². The van der Waals surface area contributed by atoms with Gasteiger partial charge in [-0.2, -0.15) is 0 Å². The minimum absolute atomic E-state index is 0.105. The summed E-state index contributed by atoms with van der Waals surface area (Å²) in [6.45, 7) is 7.62. The second-order valence-electron chi connectivity index (χ2n) is 11.6. The van der Waals surface area contributed by atoms with E-state index in [9.17, 15) is 4.79 Å². The SMILES string of the molecule is CCOC(=O)N1CCC2(CC1)CN(c1ncc(C3NNC4CCC(O[C@H](C)c5c(Cl)cncc5Cl)CC43)cn1)C2. The van der Waals surface area contributed by atoms with Crippen LogP contribution in [-0.2, 0) is 9.47 Å². The Morgan fingerprint density at radius 3 is 2.48 bits per heavy atom. The van der Waals surface area contributed by atoms with Crippen molar-refractivity contribution >= 4 is 35.2 Å². The maximum absolute atomic E-state index is 12.0. The minimum Gasteiger partial charge on any atom is -0.450 e. The molecule has 4 fully saturated rings. The van der Waals surface area contributed by atoms with Gasteiger partial charge in [-0.05, 0) is 51.9 Å². The summed E-state index contributed by atoms with van der Waals surface area (Å²) in [6, 6.07) is 0.493. The second kappa shape index (κ2) is 11.6. The van der Waals surface area contributed by atoms with Gasteiger partial charge in [0.15, 0.2) is 0 Å². The number of piperidine rings is 1. The smallest absolute Gasteiger partial charge is 0.409 e. The summed E-state index contributed by atoms with van der Waals surface area (Å²) in [6.07, 6.45) is 11.7. The quantitative estimate of drug-likeness (QED) is 0.496. The fourth-order valence-electron chi connectivity index (χ4n) is 6.89. The number of amides is 1. The number of anilines is 1. The van der Waals surface area contributed by atoms with E-state index in [0.717, 1.165) is 75.4 Å². The van der Waals surface area contributed by atoms with Gasteiger partial charge >= 0.3 is 6.09 Å². The molecule has 2 aromatic heterocycles. The van der Waals surface area contributed by atoms with E-state index in [-0.39, 0.29) is 29.8 Å². The Bertz CT molecular complexity index is 1180. The predicted octanol–water partition coefficient (Wildman–Crippen LogP) is 4.70. The molecular weight excluding hydrogens is 553 g/mol. The monoisotopic (exact) mass is 589 g/mol. The maximum atomic E-state index is 12.0. The van der Waals surface area contributed by atoms with Crippen LogP contribution in [0, 0.1) is 11.3 Å². The molecule has 4 aliphatic rings. The van der Waals surface area contributed by atoms with Crippen LogP contribution in [0.1, 0.15) is 69.2 Å². The molecule has 1 spiro atoms. The zero-order chi connectivity index (χ0) is 27.9. The molecule has 2 aromatic rings. The summed E-state index contributed by atoms with van der Waals surface area (Å²) in [5.74, 6) is 1.13. The first-order valence-corrected chi connectivity index (χ1v) is 15.1. The molecule has 40 heavy (non-hydrogen) atoms. The highest BCUT2D eigenvalue weighted by molar-refractivity contribution is 6.35. The van der Waals surface area contributed by atoms with Crippen LogP contribution in [0.5, 0.6) is 0 Å². The van der Waals surface area contributed by atoms with Crippen molar-refractivity contribution in [2.75, 3.05) is 37.7 Å². The molecule has 3 saturated heterocycles. The Morgan fingerprint density at radius 1 is 1.10 bits per heavy atom. The van der Waals surface area contributed by atoms with Gasteiger partial charge in [0.1, 0.15) is 0 Å². The molecule has 4 unspecified atom stereocenters. The van der Waals surface area contributed by atoms with Crippen LogP contribution in [0.2, 0.25) is 10.0 Å². The molecule has 5 atom stereocenters. The molecule has 12 heteroatoms. The van der Waals surface area contributed by atoms with Gasteiger partial charge in [0.05, 0.1) is 34.9 Å². The van der Waals surface area contributed by atoms with Crippen LogP contribution in [0.3, 0.4) is 0 Å². The molecule has 1 aliphatic carbocycles. The van der Waals surface area contributed by atoms with Crippen LogP contribution < -0.4 is 15.8 Å². The summed E-state index contributed by atoms with van der Waals surface area (Å²) >= 11 is 12.7. The molecule has 0 bridgehead atoms. The summed E-state index contributed by atoms with van der Waals surface area (Å²) < 4.78 is 11.6. The Balaban J connectivity index is 1.04. The molecule has 0 radical (unpaired) electrons. The number of likely N-dealkylation sites (tertiary alicyclic amines) is 1. The van der Waals surface area contributed by atoms with Crippen molar-refractivity contribution in [1.82, 2.24) is 30.7 Å². The summed E-state index contributed by atoms with van der Waals surface area (Å²) in [5, 5.41) is 1.06. The van der Waals surface area contributed by atoms with Gasteiger partial charge in [-0.15, -0.1) is 0 Å². The lowest BCUT2D eigenvalue weighted by molar-refractivity contribution is -0.0370.